The minimum Gasteiger partial charge on any atom is -0.368 e. The van der Waals surface area contributed by atoms with E-state index in [1.165, 1.54) is 0 Å². The van der Waals surface area contributed by atoms with Crippen LogP contribution in [0.25, 0.3) is 0 Å². The Hall–Kier alpha value is 0.300. The Balaban J connectivity index is 0.000000218. The van der Waals surface area contributed by atoms with Gasteiger partial charge in [0.25, 0.3) is 0 Å². The lowest BCUT2D eigenvalue weighted by Gasteiger charge is -1.75. The van der Waals surface area contributed by atoms with Crippen molar-refractivity contribution in [2.45, 2.75) is 4.17 Å². The van der Waals surface area contributed by atoms with Gasteiger partial charge in [-0.1, -0.05) is 35.4 Å². The first-order valence-corrected chi connectivity index (χ1v) is 4.52. The molecule has 0 fully saturated rings. The molecule has 5 heteroatoms. The largest absolute Gasteiger partial charge is 0.368 e. The van der Waals surface area contributed by atoms with E-state index in [1.54, 1.807) is 0 Å². The molecule has 0 aliphatic carbocycles. The normalized spacial score (nSPS) is 8.73. The van der Waals surface area contributed by atoms with Crippen LogP contribution in [0.1, 0.15) is 0 Å². The Morgan fingerprint density at radius 3 is 1.91 bits per heavy atom. The first-order chi connectivity index (χ1) is 5.13. The van der Waals surface area contributed by atoms with E-state index < -0.39 is 4.17 Å². The van der Waals surface area contributed by atoms with Crippen molar-refractivity contribution in [3.63, 3.8) is 0 Å². The third kappa shape index (κ3) is 10.3. The molecule has 1 N–H and O–H groups in total. The lowest BCUT2D eigenvalue weighted by Crippen LogP contribution is -1.62. The van der Waals surface area contributed by atoms with E-state index in [0.717, 1.165) is 4.51 Å². The standard InChI is InChI=1S/C5H5NS.CH2Cl2S/c7-5-1-3-6-4-2-5;2-1(3)4/h1-4H,(H,6,7);1,4H. The SMILES string of the molecule is S=c1cc[nH]cc1.SC(Cl)Cl. The highest BCUT2D eigenvalue weighted by Gasteiger charge is 1.76. The van der Waals surface area contributed by atoms with E-state index in [0.29, 0.717) is 0 Å². The number of halogens is 2. The molecule has 0 amide bonds. The smallest absolute Gasteiger partial charge is 0.150 e. The van der Waals surface area contributed by atoms with Crippen LogP contribution in [0, 0.1) is 4.51 Å². The van der Waals surface area contributed by atoms with Gasteiger partial charge in [0, 0.05) is 16.9 Å². The fraction of sp³-hybridized carbons (Fsp3) is 0.167. The molecule has 0 atom stereocenters. The van der Waals surface area contributed by atoms with Crippen molar-refractivity contribution >= 4 is 48.0 Å². The van der Waals surface area contributed by atoms with Gasteiger partial charge in [-0.3, -0.25) is 0 Å². The topological polar surface area (TPSA) is 15.8 Å². The average Bonchev–Trinajstić information content (AvgIpc) is 1.87. The molecule has 62 valence electrons. The highest BCUT2D eigenvalue weighted by molar-refractivity contribution is 7.84. The molecule has 1 nitrogen and oxygen atoms in total. The molecule has 1 aromatic rings. The maximum atomic E-state index is 4.90. The average molecular weight is 228 g/mol. The minimum atomic E-state index is -0.528. The molecule has 0 bridgehead atoms. The van der Waals surface area contributed by atoms with Crippen LogP contribution < -0.4 is 0 Å². The Morgan fingerprint density at radius 2 is 1.73 bits per heavy atom. The first-order valence-electron chi connectivity index (χ1n) is 2.72. The number of aromatic amines is 1. The zero-order valence-corrected chi connectivity index (χ0v) is 8.72. The molecule has 0 saturated carbocycles. The molecule has 0 aromatic carbocycles. The van der Waals surface area contributed by atoms with Crippen molar-refractivity contribution < 1.29 is 0 Å². The second kappa shape index (κ2) is 6.98. The van der Waals surface area contributed by atoms with E-state index in [1.807, 2.05) is 24.5 Å². The Morgan fingerprint density at radius 1 is 1.36 bits per heavy atom. The predicted octanol–water partition coefficient (Wildman–Crippen LogP) is 3.42. The summed E-state index contributed by atoms with van der Waals surface area (Å²) in [7, 11) is 0. The zero-order valence-electron chi connectivity index (χ0n) is 5.50. The summed E-state index contributed by atoms with van der Waals surface area (Å²) in [6, 6.07) is 3.69. The minimum absolute atomic E-state index is 0.528. The molecular formula is C6H7Cl2NS2. The Labute approximate surface area is 86.1 Å². The van der Waals surface area contributed by atoms with Gasteiger partial charge >= 0.3 is 0 Å². The fourth-order valence-electron chi connectivity index (χ4n) is 0.372. The number of thiol groups is 1. The molecule has 0 saturated heterocycles. The highest BCUT2D eigenvalue weighted by atomic mass is 35.5. The van der Waals surface area contributed by atoms with E-state index in [2.05, 4.69) is 17.6 Å². The van der Waals surface area contributed by atoms with Crippen LogP contribution in [0.15, 0.2) is 24.5 Å². The number of hydrogen-bond donors (Lipinski definition) is 2. The van der Waals surface area contributed by atoms with Gasteiger partial charge in [0.1, 0.15) is 4.17 Å². The van der Waals surface area contributed by atoms with Crippen molar-refractivity contribution in [3.05, 3.63) is 29.0 Å². The van der Waals surface area contributed by atoms with Crippen molar-refractivity contribution in [1.29, 1.82) is 0 Å². The summed E-state index contributed by atoms with van der Waals surface area (Å²) in [4.78, 5) is 2.87. The van der Waals surface area contributed by atoms with Crippen LogP contribution in [0.2, 0.25) is 0 Å². The van der Waals surface area contributed by atoms with Crippen LogP contribution >= 0.6 is 48.0 Å². The van der Waals surface area contributed by atoms with Crippen LogP contribution in [-0.2, 0) is 0 Å². The van der Waals surface area contributed by atoms with Crippen LogP contribution in [0.4, 0.5) is 0 Å². The van der Waals surface area contributed by atoms with Crippen molar-refractivity contribution in [3.8, 4) is 0 Å². The molecule has 0 aliphatic rings. The summed E-state index contributed by atoms with van der Waals surface area (Å²) in [6.07, 6.45) is 3.62. The lowest BCUT2D eigenvalue weighted by atomic mass is 10.5. The lowest BCUT2D eigenvalue weighted by molar-refractivity contribution is 1.32. The number of rotatable bonds is 0. The second-order valence-electron chi connectivity index (χ2n) is 1.51. The number of nitrogens with one attached hydrogen (secondary N) is 1. The van der Waals surface area contributed by atoms with Gasteiger partial charge in [-0.25, -0.2) is 0 Å². The first kappa shape index (κ1) is 11.3. The summed E-state index contributed by atoms with van der Waals surface area (Å²) >= 11 is 18.1. The summed E-state index contributed by atoms with van der Waals surface area (Å²) in [5.41, 5.74) is 0. The maximum absolute atomic E-state index is 4.90. The van der Waals surface area contributed by atoms with Gasteiger partial charge in [0.2, 0.25) is 0 Å². The third-order valence-electron chi connectivity index (χ3n) is 0.688. The third-order valence-corrected chi connectivity index (χ3v) is 0.960. The van der Waals surface area contributed by atoms with Crippen LogP contribution in [0.5, 0.6) is 0 Å². The molecule has 11 heavy (non-hydrogen) atoms. The van der Waals surface area contributed by atoms with Crippen molar-refractivity contribution in [2.75, 3.05) is 0 Å². The summed E-state index contributed by atoms with van der Waals surface area (Å²) < 4.78 is 0.346. The fourth-order valence-corrected chi connectivity index (χ4v) is 0.508. The van der Waals surface area contributed by atoms with Gasteiger partial charge in [-0.15, -0.1) is 12.6 Å². The monoisotopic (exact) mass is 227 g/mol. The number of alkyl halides is 2. The molecule has 0 unspecified atom stereocenters. The maximum Gasteiger partial charge on any atom is 0.150 e. The summed E-state index contributed by atoms with van der Waals surface area (Å²) in [5, 5.41) is 0. The number of hydrogen-bond acceptors (Lipinski definition) is 2. The van der Waals surface area contributed by atoms with E-state index in [4.69, 9.17) is 35.4 Å². The van der Waals surface area contributed by atoms with Gasteiger partial charge in [0.05, 0.1) is 0 Å². The molecular weight excluding hydrogens is 221 g/mol. The number of H-pyrrole nitrogens is 1. The quantitative estimate of drug-likeness (QED) is 0.395. The van der Waals surface area contributed by atoms with Gasteiger partial charge in [0.15, 0.2) is 0 Å². The molecule has 0 spiro atoms. The van der Waals surface area contributed by atoms with E-state index in [-0.39, 0.29) is 0 Å². The molecule has 0 radical (unpaired) electrons. The number of aromatic nitrogens is 1. The van der Waals surface area contributed by atoms with Gasteiger partial charge in [-0.2, -0.15) is 0 Å². The van der Waals surface area contributed by atoms with E-state index in [9.17, 15) is 0 Å². The van der Waals surface area contributed by atoms with Gasteiger partial charge in [-0.05, 0) is 12.1 Å². The Bertz CT molecular complexity index is 216. The predicted molar refractivity (Wildman–Crippen MR) is 56.1 cm³/mol. The van der Waals surface area contributed by atoms with Crippen molar-refractivity contribution in [1.82, 2.24) is 4.98 Å². The molecule has 1 heterocycles. The second-order valence-corrected chi connectivity index (χ2v) is 4.21. The Kier molecular flexibility index (Phi) is 7.17. The zero-order chi connectivity index (χ0) is 8.69. The highest BCUT2D eigenvalue weighted by Crippen LogP contribution is 2.02. The summed E-state index contributed by atoms with van der Waals surface area (Å²) in [5.74, 6) is 0. The molecule has 0 aliphatic heterocycles. The van der Waals surface area contributed by atoms with Gasteiger partial charge < -0.3 is 4.98 Å². The molecule has 1 aromatic heterocycles. The van der Waals surface area contributed by atoms with E-state index >= 15 is 0 Å². The number of pyridine rings is 1. The molecule has 1 rings (SSSR count). The summed E-state index contributed by atoms with van der Waals surface area (Å²) in [6.45, 7) is 0. The van der Waals surface area contributed by atoms with Crippen LogP contribution in [-0.4, -0.2) is 9.15 Å². The van der Waals surface area contributed by atoms with Crippen LogP contribution in [0.3, 0.4) is 0 Å². The van der Waals surface area contributed by atoms with Crippen molar-refractivity contribution in [2.24, 2.45) is 0 Å².